The predicted octanol–water partition coefficient (Wildman–Crippen LogP) is 4.03. The van der Waals surface area contributed by atoms with E-state index in [1.165, 1.54) is 0 Å². The van der Waals surface area contributed by atoms with Crippen LogP contribution in [0.5, 0.6) is 0 Å². The van der Waals surface area contributed by atoms with Gasteiger partial charge in [-0.25, -0.2) is 0 Å². The maximum Gasteiger partial charge on any atom is -0.0265 e. The van der Waals surface area contributed by atoms with Crippen molar-refractivity contribution in [3.05, 3.63) is 48.6 Å². The zero-order valence-corrected chi connectivity index (χ0v) is 8.14. The Morgan fingerprint density at radius 2 is 1.25 bits per heavy atom. The summed E-state index contributed by atoms with van der Waals surface area (Å²) in [6.45, 7) is 12.0. The molecule has 0 aromatic carbocycles. The Morgan fingerprint density at radius 1 is 0.917 bits per heavy atom. The highest BCUT2D eigenvalue weighted by molar-refractivity contribution is 5.42. The summed E-state index contributed by atoms with van der Waals surface area (Å²) in [6.07, 6.45) is 10.3. The predicted molar refractivity (Wildman–Crippen MR) is 57.1 cm³/mol. The summed E-state index contributed by atoms with van der Waals surface area (Å²) >= 11 is 0. The van der Waals surface area contributed by atoms with Gasteiger partial charge in [0.25, 0.3) is 0 Å². The molecule has 0 unspecified atom stereocenters. The molecule has 66 valence electrons. The minimum Gasteiger partial charge on any atom is -0.0912 e. The largest absolute Gasteiger partial charge is 0.0912 e. The smallest absolute Gasteiger partial charge is 0.0265 e. The van der Waals surface area contributed by atoms with Crippen molar-refractivity contribution >= 4 is 0 Å². The molecule has 12 heavy (non-hydrogen) atoms. The van der Waals surface area contributed by atoms with Crippen LogP contribution < -0.4 is 0 Å². The lowest BCUT2D eigenvalue weighted by Gasteiger charge is -1.97. The summed E-state index contributed by atoms with van der Waals surface area (Å²) < 4.78 is 0. The molecule has 0 aromatic heterocycles. The van der Waals surface area contributed by atoms with Gasteiger partial charge in [-0.3, -0.25) is 0 Å². The molecule has 0 aliphatic heterocycles. The van der Waals surface area contributed by atoms with Crippen molar-refractivity contribution in [3.63, 3.8) is 0 Å². The van der Waals surface area contributed by atoms with E-state index in [1.807, 2.05) is 12.2 Å². The van der Waals surface area contributed by atoms with E-state index >= 15 is 0 Å². The third-order valence-electron chi connectivity index (χ3n) is 1.52. The zero-order chi connectivity index (χ0) is 9.40. The quantitative estimate of drug-likeness (QED) is 0.535. The summed E-state index contributed by atoms with van der Waals surface area (Å²) in [5, 5.41) is 0. The van der Waals surface area contributed by atoms with E-state index < -0.39 is 0 Å². The van der Waals surface area contributed by atoms with Crippen LogP contribution in [0, 0.1) is 0 Å². The van der Waals surface area contributed by atoms with E-state index in [2.05, 4.69) is 39.2 Å². The van der Waals surface area contributed by atoms with Crippen LogP contribution in [0.2, 0.25) is 0 Å². The lowest BCUT2D eigenvalue weighted by Crippen LogP contribution is -1.77. The van der Waals surface area contributed by atoms with Gasteiger partial charge in [-0.2, -0.15) is 0 Å². The fourth-order valence-corrected chi connectivity index (χ4v) is 0.734. The van der Waals surface area contributed by atoms with Gasteiger partial charge in [0.15, 0.2) is 0 Å². The van der Waals surface area contributed by atoms with Gasteiger partial charge < -0.3 is 0 Å². The number of allylic oxidation sites excluding steroid dienone is 6. The first-order valence-electron chi connectivity index (χ1n) is 4.43. The van der Waals surface area contributed by atoms with Gasteiger partial charge in [-0.1, -0.05) is 51.3 Å². The summed E-state index contributed by atoms with van der Waals surface area (Å²) in [7, 11) is 0. The Balaban J connectivity index is 4.02. The summed E-state index contributed by atoms with van der Waals surface area (Å²) in [6, 6.07) is 0. The standard InChI is InChI=1S/C12H18/c1-5-7-9-11(3)12(4)10-8-6-2/h7-10H,3-6H2,1-2H3/b9-7+,10-8+. The molecule has 0 aliphatic carbocycles. The van der Waals surface area contributed by atoms with E-state index in [0.29, 0.717) is 0 Å². The fraction of sp³-hybridized carbons (Fsp3) is 0.333. The lowest BCUT2D eigenvalue weighted by atomic mass is 10.1. The molecule has 0 heteroatoms. The molecule has 0 aromatic rings. The van der Waals surface area contributed by atoms with Crippen molar-refractivity contribution in [2.45, 2.75) is 26.7 Å². The SMILES string of the molecule is C=C(/C=C/CC)C(=C)/C=C/CC. The third kappa shape index (κ3) is 4.73. The molecule has 0 spiro atoms. The van der Waals surface area contributed by atoms with Crippen molar-refractivity contribution in [2.75, 3.05) is 0 Å². The van der Waals surface area contributed by atoms with E-state index in [4.69, 9.17) is 0 Å². The first-order valence-corrected chi connectivity index (χ1v) is 4.43. The maximum absolute atomic E-state index is 3.91. The van der Waals surface area contributed by atoms with Gasteiger partial charge in [-0.15, -0.1) is 0 Å². The van der Waals surface area contributed by atoms with E-state index in [9.17, 15) is 0 Å². The molecule has 0 N–H and O–H groups in total. The van der Waals surface area contributed by atoms with Crippen molar-refractivity contribution in [1.82, 2.24) is 0 Å². The van der Waals surface area contributed by atoms with Crippen LogP contribution in [0.3, 0.4) is 0 Å². The molecule has 0 fully saturated rings. The first-order chi connectivity index (χ1) is 5.72. The van der Waals surface area contributed by atoms with Crippen LogP contribution in [0.1, 0.15) is 26.7 Å². The summed E-state index contributed by atoms with van der Waals surface area (Å²) in [5.41, 5.74) is 2.00. The Hall–Kier alpha value is -1.04. The van der Waals surface area contributed by atoms with Crippen molar-refractivity contribution < 1.29 is 0 Å². The second-order valence-electron chi connectivity index (χ2n) is 2.67. The number of hydrogen-bond acceptors (Lipinski definition) is 0. The summed E-state index contributed by atoms with van der Waals surface area (Å²) in [5.74, 6) is 0. The Morgan fingerprint density at radius 3 is 1.50 bits per heavy atom. The van der Waals surface area contributed by atoms with Gasteiger partial charge >= 0.3 is 0 Å². The lowest BCUT2D eigenvalue weighted by molar-refractivity contribution is 1.21. The van der Waals surface area contributed by atoms with E-state index in [1.54, 1.807) is 0 Å². The normalized spacial score (nSPS) is 11.2. The maximum atomic E-state index is 3.91. The topological polar surface area (TPSA) is 0 Å². The summed E-state index contributed by atoms with van der Waals surface area (Å²) in [4.78, 5) is 0. The Labute approximate surface area is 76.0 Å². The molecule has 0 rings (SSSR count). The van der Waals surface area contributed by atoms with Crippen molar-refractivity contribution in [3.8, 4) is 0 Å². The molecular weight excluding hydrogens is 144 g/mol. The minimum atomic E-state index is 1.00. The molecule has 0 atom stereocenters. The van der Waals surface area contributed by atoms with Gasteiger partial charge in [-0.05, 0) is 24.0 Å². The minimum absolute atomic E-state index is 1.00. The van der Waals surface area contributed by atoms with Crippen LogP contribution in [-0.2, 0) is 0 Å². The fourth-order valence-electron chi connectivity index (χ4n) is 0.734. The highest BCUT2D eigenvalue weighted by Crippen LogP contribution is 2.08. The Kier molecular flexibility index (Phi) is 6.08. The molecule has 0 saturated carbocycles. The average molecular weight is 162 g/mol. The van der Waals surface area contributed by atoms with Gasteiger partial charge in [0.05, 0.1) is 0 Å². The van der Waals surface area contributed by atoms with E-state index in [-0.39, 0.29) is 0 Å². The van der Waals surface area contributed by atoms with Crippen LogP contribution in [0.25, 0.3) is 0 Å². The van der Waals surface area contributed by atoms with Gasteiger partial charge in [0.2, 0.25) is 0 Å². The molecule has 0 heterocycles. The first kappa shape index (κ1) is 11.0. The second-order valence-corrected chi connectivity index (χ2v) is 2.67. The van der Waals surface area contributed by atoms with Crippen LogP contribution >= 0.6 is 0 Å². The van der Waals surface area contributed by atoms with Crippen LogP contribution in [-0.4, -0.2) is 0 Å². The Bertz CT molecular complexity index is 180. The van der Waals surface area contributed by atoms with E-state index in [0.717, 1.165) is 24.0 Å². The molecule has 0 amide bonds. The monoisotopic (exact) mass is 162 g/mol. The molecule has 0 radical (unpaired) electrons. The number of rotatable bonds is 5. The molecule has 0 bridgehead atoms. The van der Waals surface area contributed by atoms with Crippen molar-refractivity contribution in [1.29, 1.82) is 0 Å². The second kappa shape index (κ2) is 6.66. The van der Waals surface area contributed by atoms with Gasteiger partial charge in [0, 0.05) is 0 Å². The molecular formula is C12H18. The third-order valence-corrected chi connectivity index (χ3v) is 1.52. The number of hydrogen-bond donors (Lipinski definition) is 0. The highest BCUT2D eigenvalue weighted by atomic mass is 13.9. The van der Waals surface area contributed by atoms with Gasteiger partial charge in [0.1, 0.15) is 0 Å². The van der Waals surface area contributed by atoms with Crippen LogP contribution in [0.4, 0.5) is 0 Å². The molecule has 0 saturated heterocycles. The average Bonchev–Trinajstić information content (AvgIpc) is 2.10. The molecule has 0 aliphatic rings. The molecule has 0 nitrogen and oxygen atoms in total. The van der Waals surface area contributed by atoms with Crippen LogP contribution in [0.15, 0.2) is 48.6 Å². The zero-order valence-electron chi connectivity index (χ0n) is 8.14. The highest BCUT2D eigenvalue weighted by Gasteiger charge is 1.88. The van der Waals surface area contributed by atoms with Crippen molar-refractivity contribution in [2.24, 2.45) is 0 Å².